The molecule has 2 aromatic rings. The molecule has 0 fully saturated rings. The fourth-order valence-electron chi connectivity index (χ4n) is 1.26. The standard InChI is InChI=1S/C10H13N3OS/c1-7-4-5-8(15-7)10-13-12-9(14-10)3-2-6-11/h4-5H,2-3,6,11H2,1H3. The molecule has 0 aliphatic carbocycles. The quantitative estimate of drug-likeness (QED) is 0.861. The van der Waals surface area contributed by atoms with Crippen molar-refractivity contribution in [2.24, 2.45) is 5.73 Å². The molecular weight excluding hydrogens is 210 g/mol. The fraction of sp³-hybridized carbons (Fsp3) is 0.400. The first kappa shape index (κ1) is 10.3. The third-order valence-electron chi connectivity index (χ3n) is 2.01. The van der Waals surface area contributed by atoms with Crippen LogP contribution >= 0.6 is 11.3 Å². The van der Waals surface area contributed by atoms with E-state index < -0.39 is 0 Å². The highest BCUT2D eigenvalue weighted by atomic mass is 32.1. The van der Waals surface area contributed by atoms with Crippen molar-refractivity contribution in [3.63, 3.8) is 0 Å². The van der Waals surface area contributed by atoms with E-state index in [2.05, 4.69) is 17.1 Å². The molecule has 0 amide bonds. The van der Waals surface area contributed by atoms with Crippen molar-refractivity contribution >= 4 is 11.3 Å². The summed E-state index contributed by atoms with van der Waals surface area (Å²) in [6.07, 6.45) is 1.64. The molecule has 2 heterocycles. The Morgan fingerprint density at radius 1 is 1.40 bits per heavy atom. The zero-order valence-corrected chi connectivity index (χ0v) is 9.38. The van der Waals surface area contributed by atoms with Crippen LogP contribution in [0, 0.1) is 6.92 Å². The van der Waals surface area contributed by atoms with Crippen LogP contribution in [0.5, 0.6) is 0 Å². The number of nitrogens with zero attached hydrogens (tertiary/aromatic N) is 2. The number of rotatable bonds is 4. The van der Waals surface area contributed by atoms with Crippen LogP contribution in [0.2, 0.25) is 0 Å². The largest absolute Gasteiger partial charge is 0.420 e. The molecule has 5 heteroatoms. The van der Waals surface area contributed by atoms with Crippen molar-refractivity contribution in [1.29, 1.82) is 0 Å². The fourth-order valence-corrected chi connectivity index (χ4v) is 2.05. The Kier molecular flexibility index (Phi) is 3.13. The van der Waals surface area contributed by atoms with Gasteiger partial charge in [0.15, 0.2) is 0 Å². The molecule has 0 saturated heterocycles. The van der Waals surface area contributed by atoms with E-state index in [1.807, 2.05) is 12.1 Å². The van der Waals surface area contributed by atoms with E-state index in [1.54, 1.807) is 11.3 Å². The lowest BCUT2D eigenvalue weighted by Crippen LogP contribution is -2.00. The number of hydrogen-bond donors (Lipinski definition) is 1. The number of hydrogen-bond acceptors (Lipinski definition) is 5. The zero-order valence-electron chi connectivity index (χ0n) is 8.56. The topological polar surface area (TPSA) is 64.9 Å². The lowest BCUT2D eigenvalue weighted by atomic mass is 10.3. The van der Waals surface area contributed by atoms with Gasteiger partial charge in [-0.2, -0.15) is 0 Å². The molecule has 2 N–H and O–H groups in total. The summed E-state index contributed by atoms with van der Waals surface area (Å²) in [4.78, 5) is 2.27. The van der Waals surface area contributed by atoms with Gasteiger partial charge in [-0.3, -0.25) is 0 Å². The van der Waals surface area contributed by atoms with Gasteiger partial charge >= 0.3 is 0 Å². The van der Waals surface area contributed by atoms with Crippen LogP contribution in [-0.2, 0) is 6.42 Å². The zero-order chi connectivity index (χ0) is 10.7. The molecule has 0 atom stereocenters. The summed E-state index contributed by atoms with van der Waals surface area (Å²) in [5.41, 5.74) is 5.41. The molecule has 0 aromatic carbocycles. The van der Waals surface area contributed by atoms with Gasteiger partial charge in [-0.1, -0.05) is 0 Å². The number of aromatic nitrogens is 2. The van der Waals surface area contributed by atoms with Gasteiger partial charge in [0.25, 0.3) is 5.89 Å². The second kappa shape index (κ2) is 4.55. The summed E-state index contributed by atoms with van der Waals surface area (Å²) >= 11 is 1.66. The van der Waals surface area contributed by atoms with Gasteiger partial charge in [0, 0.05) is 11.3 Å². The Morgan fingerprint density at radius 3 is 2.93 bits per heavy atom. The van der Waals surface area contributed by atoms with Crippen LogP contribution in [-0.4, -0.2) is 16.7 Å². The second-order valence-corrected chi connectivity index (χ2v) is 4.59. The molecule has 2 rings (SSSR count). The maximum absolute atomic E-state index is 5.52. The predicted molar refractivity (Wildman–Crippen MR) is 59.7 cm³/mol. The van der Waals surface area contributed by atoms with Gasteiger partial charge in [-0.25, -0.2) is 0 Å². The van der Waals surface area contributed by atoms with Gasteiger partial charge < -0.3 is 10.2 Å². The van der Waals surface area contributed by atoms with Crippen LogP contribution < -0.4 is 5.73 Å². The second-order valence-electron chi connectivity index (χ2n) is 3.30. The smallest absolute Gasteiger partial charge is 0.257 e. The maximum Gasteiger partial charge on any atom is 0.257 e. The summed E-state index contributed by atoms with van der Waals surface area (Å²) in [5, 5.41) is 7.98. The lowest BCUT2D eigenvalue weighted by molar-refractivity contribution is 0.500. The average molecular weight is 223 g/mol. The number of nitrogens with two attached hydrogens (primary N) is 1. The molecule has 0 spiro atoms. The molecule has 0 saturated carbocycles. The van der Waals surface area contributed by atoms with Crippen molar-refractivity contribution in [3.8, 4) is 10.8 Å². The first-order valence-electron chi connectivity index (χ1n) is 4.89. The molecule has 0 aliphatic rings. The SMILES string of the molecule is Cc1ccc(-c2nnc(CCCN)o2)s1. The van der Waals surface area contributed by atoms with E-state index in [1.165, 1.54) is 4.88 Å². The third kappa shape index (κ3) is 2.43. The van der Waals surface area contributed by atoms with E-state index >= 15 is 0 Å². The molecule has 0 bridgehead atoms. The number of thiophene rings is 1. The summed E-state index contributed by atoms with van der Waals surface area (Å²) in [5.74, 6) is 1.28. The average Bonchev–Trinajstić information content (AvgIpc) is 2.83. The predicted octanol–water partition coefficient (Wildman–Crippen LogP) is 2.00. The minimum Gasteiger partial charge on any atom is -0.420 e. The van der Waals surface area contributed by atoms with E-state index in [9.17, 15) is 0 Å². The van der Waals surface area contributed by atoms with Crippen molar-refractivity contribution in [2.75, 3.05) is 6.54 Å². The highest BCUT2D eigenvalue weighted by Gasteiger charge is 2.09. The minimum atomic E-state index is 0.611. The van der Waals surface area contributed by atoms with Gasteiger partial charge in [-0.05, 0) is 32.0 Å². The minimum absolute atomic E-state index is 0.611. The Balaban J connectivity index is 2.13. The van der Waals surface area contributed by atoms with Crippen molar-refractivity contribution < 1.29 is 4.42 Å². The van der Waals surface area contributed by atoms with Crippen molar-refractivity contribution in [2.45, 2.75) is 19.8 Å². The van der Waals surface area contributed by atoms with Crippen molar-refractivity contribution in [1.82, 2.24) is 10.2 Å². The van der Waals surface area contributed by atoms with Crippen molar-refractivity contribution in [3.05, 3.63) is 22.9 Å². The molecule has 0 radical (unpaired) electrons. The first-order valence-corrected chi connectivity index (χ1v) is 5.70. The van der Waals surface area contributed by atoms with Gasteiger partial charge in [0.1, 0.15) is 0 Å². The van der Waals surface area contributed by atoms with E-state index in [0.29, 0.717) is 18.3 Å². The molecule has 0 aliphatic heterocycles. The van der Waals surface area contributed by atoms with Crippen LogP contribution in [0.3, 0.4) is 0 Å². The number of aryl methyl sites for hydroxylation is 2. The third-order valence-corrected chi connectivity index (χ3v) is 3.00. The monoisotopic (exact) mass is 223 g/mol. The van der Waals surface area contributed by atoms with E-state index in [0.717, 1.165) is 17.7 Å². The molecule has 0 unspecified atom stereocenters. The van der Waals surface area contributed by atoms with E-state index in [4.69, 9.17) is 10.2 Å². The molecule has 80 valence electrons. The highest BCUT2D eigenvalue weighted by Crippen LogP contribution is 2.26. The molecule has 15 heavy (non-hydrogen) atoms. The molecular formula is C10H13N3OS. The van der Waals surface area contributed by atoms with Gasteiger partial charge in [-0.15, -0.1) is 21.5 Å². The van der Waals surface area contributed by atoms with Crippen LogP contribution in [0.1, 0.15) is 17.2 Å². The van der Waals surface area contributed by atoms with Crippen LogP contribution in [0.4, 0.5) is 0 Å². The Bertz CT molecular complexity index is 435. The van der Waals surface area contributed by atoms with Gasteiger partial charge in [0.2, 0.25) is 5.89 Å². The maximum atomic E-state index is 5.52. The summed E-state index contributed by atoms with van der Waals surface area (Å²) < 4.78 is 5.52. The summed E-state index contributed by atoms with van der Waals surface area (Å²) in [7, 11) is 0. The molecule has 2 aromatic heterocycles. The highest BCUT2D eigenvalue weighted by molar-refractivity contribution is 7.15. The van der Waals surface area contributed by atoms with Gasteiger partial charge in [0.05, 0.1) is 4.88 Å². The summed E-state index contributed by atoms with van der Waals surface area (Å²) in [6.45, 7) is 2.70. The first-order chi connectivity index (χ1) is 7.29. The Morgan fingerprint density at radius 2 is 2.27 bits per heavy atom. The normalized spacial score (nSPS) is 10.8. The Hall–Kier alpha value is -1.20. The summed E-state index contributed by atoms with van der Waals surface area (Å²) in [6, 6.07) is 4.05. The van der Waals surface area contributed by atoms with Crippen LogP contribution in [0.25, 0.3) is 10.8 Å². The Labute approximate surface area is 92.1 Å². The molecule has 4 nitrogen and oxygen atoms in total. The van der Waals surface area contributed by atoms with Crippen LogP contribution in [0.15, 0.2) is 16.5 Å². The lowest BCUT2D eigenvalue weighted by Gasteiger charge is -1.90. The van der Waals surface area contributed by atoms with E-state index in [-0.39, 0.29) is 0 Å².